The summed E-state index contributed by atoms with van der Waals surface area (Å²) in [6.45, 7) is 1.88. The van der Waals surface area contributed by atoms with Crippen LogP contribution in [0.25, 0.3) is 16.7 Å². The molecule has 1 saturated heterocycles. The molecule has 1 aliphatic rings. The Morgan fingerprint density at radius 2 is 1.94 bits per heavy atom. The van der Waals surface area contributed by atoms with Crippen LogP contribution in [0.1, 0.15) is 11.4 Å². The van der Waals surface area contributed by atoms with Gasteiger partial charge in [-0.15, -0.1) is 0 Å². The van der Waals surface area contributed by atoms with E-state index in [-0.39, 0.29) is 24.1 Å². The maximum absolute atomic E-state index is 13.4. The largest absolute Gasteiger partial charge is 0.421 e. The summed E-state index contributed by atoms with van der Waals surface area (Å²) in [6.07, 6.45) is -3.89. The maximum Gasteiger partial charge on any atom is 0.421 e. The second-order valence-electron chi connectivity index (χ2n) is 6.94. The number of benzene rings is 1. The van der Waals surface area contributed by atoms with Gasteiger partial charge in [0.2, 0.25) is 11.9 Å². The van der Waals surface area contributed by atoms with Gasteiger partial charge in [0.05, 0.1) is 37.0 Å². The van der Waals surface area contributed by atoms with Gasteiger partial charge in [0.1, 0.15) is 17.2 Å². The molecule has 5 rings (SSSR count). The summed E-state index contributed by atoms with van der Waals surface area (Å²) in [5.74, 6) is 0.274. The third-order valence-corrected chi connectivity index (χ3v) is 4.86. The Morgan fingerprint density at radius 1 is 1.13 bits per heavy atom. The van der Waals surface area contributed by atoms with Gasteiger partial charge in [-0.1, -0.05) is 0 Å². The molecule has 31 heavy (non-hydrogen) atoms. The lowest BCUT2D eigenvalue weighted by molar-refractivity contribution is -0.136. The van der Waals surface area contributed by atoms with Crippen LogP contribution in [0.4, 0.5) is 29.5 Å². The highest BCUT2D eigenvalue weighted by molar-refractivity contribution is 5.75. The summed E-state index contributed by atoms with van der Waals surface area (Å²) >= 11 is 0. The van der Waals surface area contributed by atoms with Crippen LogP contribution in [-0.2, 0) is 17.5 Å². The Labute approximate surface area is 172 Å². The number of ether oxygens (including phenoxy) is 1. The molecule has 0 aliphatic carbocycles. The first-order valence-corrected chi connectivity index (χ1v) is 9.42. The van der Waals surface area contributed by atoms with Crippen LogP contribution < -0.4 is 10.2 Å². The molecule has 1 aliphatic heterocycles. The lowest BCUT2D eigenvalue weighted by Gasteiger charge is -2.27. The molecule has 1 aromatic carbocycles. The fraction of sp³-hybridized carbons (Fsp3) is 0.333. The number of nitrogens with zero attached hydrogens (tertiary/aromatic N) is 6. The van der Waals surface area contributed by atoms with Crippen molar-refractivity contribution >= 4 is 28.6 Å². The third kappa shape index (κ3) is 3.71. The van der Waals surface area contributed by atoms with Gasteiger partial charge in [-0.3, -0.25) is 0 Å². The number of hydrogen-bond acceptors (Lipinski definition) is 7. The van der Waals surface area contributed by atoms with Crippen LogP contribution in [0.2, 0.25) is 0 Å². The van der Waals surface area contributed by atoms with E-state index in [1.807, 2.05) is 0 Å². The van der Waals surface area contributed by atoms with E-state index in [9.17, 15) is 17.6 Å². The summed E-state index contributed by atoms with van der Waals surface area (Å²) in [6, 6.07) is 4.16. The second-order valence-corrected chi connectivity index (χ2v) is 6.94. The van der Waals surface area contributed by atoms with Crippen LogP contribution in [-0.4, -0.2) is 55.9 Å². The SMILES string of the molecule is Fc1ccc2[nH]c(CNc3nc(N4CCOCC4)nc4c(C(F)(F)F)cnn34)nc2c1. The molecule has 1 fully saturated rings. The van der Waals surface area contributed by atoms with E-state index in [1.54, 1.807) is 11.0 Å². The highest BCUT2D eigenvalue weighted by Gasteiger charge is 2.36. The van der Waals surface area contributed by atoms with E-state index in [2.05, 4.69) is 30.4 Å². The lowest BCUT2D eigenvalue weighted by Crippen LogP contribution is -2.37. The van der Waals surface area contributed by atoms with Gasteiger partial charge in [0.25, 0.3) is 0 Å². The molecule has 4 heterocycles. The molecule has 13 heteroatoms. The highest BCUT2D eigenvalue weighted by Crippen LogP contribution is 2.33. The second kappa shape index (κ2) is 7.34. The summed E-state index contributed by atoms with van der Waals surface area (Å²) in [7, 11) is 0. The number of alkyl halides is 3. The number of morpholine rings is 1. The normalized spacial score (nSPS) is 15.2. The van der Waals surface area contributed by atoms with Crippen molar-refractivity contribution < 1.29 is 22.3 Å². The van der Waals surface area contributed by atoms with Crippen molar-refractivity contribution in [3.05, 3.63) is 41.6 Å². The average Bonchev–Trinajstić information content (AvgIpc) is 3.36. The maximum atomic E-state index is 13.4. The van der Waals surface area contributed by atoms with Crippen LogP contribution in [0, 0.1) is 5.82 Å². The summed E-state index contributed by atoms with van der Waals surface area (Å²) in [4.78, 5) is 17.6. The number of nitrogens with one attached hydrogen (secondary N) is 2. The first-order valence-electron chi connectivity index (χ1n) is 9.42. The van der Waals surface area contributed by atoms with E-state index < -0.39 is 17.6 Å². The zero-order valence-electron chi connectivity index (χ0n) is 15.9. The number of aromatic amines is 1. The zero-order valence-corrected chi connectivity index (χ0v) is 15.9. The predicted molar refractivity (Wildman–Crippen MR) is 102 cm³/mol. The summed E-state index contributed by atoms with van der Waals surface area (Å²) in [5, 5.41) is 6.78. The molecule has 4 aromatic rings. The number of anilines is 2. The summed E-state index contributed by atoms with van der Waals surface area (Å²) < 4.78 is 60.0. The molecule has 0 bridgehead atoms. The molecule has 9 nitrogen and oxygen atoms in total. The van der Waals surface area contributed by atoms with E-state index in [0.717, 1.165) is 10.7 Å². The first-order chi connectivity index (χ1) is 14.9. The van der Waals surface area contributed by atoms with Gasteiger partial charge in [-0.05, 0) is 12.1 Å². The van der Waals surface area contributed by atoms with Crippen molar-refractivity contribution in [2.24, 2.45) is 0 Å². The number of fused-ring (bicyclic) bond motifs is 2. The van der Waals surface area contributed by atoms with Crippen molar-refractivity contribution in [1.82, 2.24) is 29.5 Å². The van der Waals surface area contributed by atoms with Crippen LogP contribution in [0.3, 0.4) is 0 Å². The molecule has 0 radical (unpaired) electrons. The minimum Gasteiger partial charge on any atom is -0.378 e. The average molecular weight is 436 g/mol. The molecule has 0 amide bonds. The number of hydrogen-bond donors (Lipinski definition) is 2. The number of aromatic nitrogens is 6. The van der Waals surface area contributed by atoms with Gasteiger partial charge < -0.3 is 19.9 Å². The molecule has 3 aromatic heterocycles. The number of imidazole rings is 1. The van der Waals surface area contributed by atoms with E-state index in [1.165, 1.54) is 12.1 Å². The van der Waals surface area contributed by atoms with Crippen LogP contribution in [0.15, 0.2) is 24.4 Å². The molecular weight excluding hydrogens is 420 g/mol. The minimum atomic E-state index is -4.61. The van der Waals surface area contributed by atoms with Gasteiger partial charge in [0.15, 0.2) is 5.65 Å². The first kappa shape index (κ1) is 19.5. The van der Waals surface area contributed by atoms with Gasteiger partial charge in [0, 0.05) is 19.2 Å². The van der Waals surface area contributed by atoms with Crippen LogP contribution >= 0.6 is 0 Å². The standard InChI is InChI=1S/C18H16F4N8O/c19-10-1-2-12-13(7-10)26-14(25-12)9-23-16-28-17(29-3-5-31-6-4-29)27-15-11(18(20,21)22)8-24-30(15)16/h1-2,7-8H,3-6,9H2,(H,25,26)(H,23,27,28). The Kier molecular flexibility index (Phi) is 4.61. The van der Waals surface area contributed by atoms with Crippen molar-refractivity contribution in [1.29, 1.82) is 0 Å². The van der Waals surface area contributed by atoms with E-state index in [4.69, 9.17) is 4.74 Å². The summed E-state index contributed by atoms with van der Waals surface area (Å²) in [5.41, 5.74) is -0.222. The fourth-order valence-corrected chi connectivity index (χ4v) is 3.36. The third-order valence-electron chi connectivity index (χ3n) is 4.86. The smallest absolute Gasteiger partial charge is 0.378 e. The number of halogens is 4. The van der Waals surface area contributed by atoms with Crippen molar-refractivity contribution in [2.45, 2.75) is 12.7 Å². The Morgan fingerprint density at radius 3 is 2.71 bits per heavy atom. The van der Waals surface area contributed by atoms with Crippen molar-refractivity contribution in [2.75, 3.05) is 36.5 Å². The van der Waals surface area contributed by atoms with Crippen LogP contribution in [0.5, 0.6) is 0 Å². The van der Waals surface area contributed by atoms with Crippen molar-refractivity contribution in [3.63, 3.8) is 0 Å². The Balaban J connectivity index is 1.51. The van der Waals surface area contributed by atoms with E-state index in [0.29, 0.717) is 43.2 Å². The predicted octanol–water partition coefficient (Wildman–Crippen LogP) is 2.61. The van der Waals surface area contributed by atoms with Gasteiger partial charge in [-0.25, -0.2) is 9.37 Å². The van der Waals surface area contributed by atoms with E-state index >= 15 is 0 Å². The molecule has 0 spiro atoms. The Bertz CT molecular complexity index is 1240. The monoisotopic (exact) mass is 436 g/mol. The Hall–Kier alpha value is -3.48. The topological polar surface area (TPSA) is 96.3 Å². The molecular formula is C18H16F4N8O. The molecule has 0 saturated carbocycles. The number of H-pyrrole nitrogens is 1. The number of rotatable bonds is 4. The molecule has 0 atom stereocenters. The zero-order chi connectivity index (χ0) is 21.6. The molecule has 2 N–H and O–H groups in total. The quantitative estimate of drug-likeness (QED) is 0.475. The molecule has 162 valence electrons. The lowest BCUT2D eigenvalue weighted by atomic mass is 10.3. The van der Waals surface area contributed by atoms with Crippen molar-refractivity contribution in [3.8, 4) is 0 Å². The highest BCUT2D eigenvalue weighted by atomic mass is 19.4. The van der Waals surface area contributed by atoms with Gasteiger partial charge in [-0.2, -0.15) is 32.8 Å². The van der Waals surface area contributed by atoms with Gasteiger partial charge >= 0.3 is 6.18 Å². The fourth-order valence-electron chi connectivity index (χ4n) is 3.36. The minimum absolute atomic E-state index is 0.0774. The molecule has 0 unspecified atom stereocenters.